The van der Waals surface area contributed by atoms with Gasteiger partial charge in [-0.3, -0.25) is 4.79 Å². The van der Waals surface area contributed by atoms with Crippen LogP contribution >= 0.6 is 0 Å². The van der Waals surface area contributed by atoms with Gasteiger partial charge in [-0.25, -0.2) is 0 Å². The number of hydrogen-bond donors (Lipinski definition) is 12. The van der Waals surface area contributed by atoms with Crippen molar-refractivity contribution in [3.8, 4) is 0 Å². The number of unbranched alkanes of at least 4 members (excludes halogenated alkanes) is 35. The first-order chi connectivity index (χ1) is 53.3. The van der Waals surface area contributed by atoms with Gasteiger partial charge >= 0.3 is 0 Å². The highest BCUT2D eigenvalue weighted by Gasteiger charge is 2.54. The molecule has 3 rings (SSSR count). The predicted octanol–water partition coefficient (Wildman–Crippen LogP) is 16.1. The fraction of sp³-hybridized carbons (Fsp3) is 0.789. The van der Waals surface area contributed by atoms with Gasteiger partial charge in [0.05, 0.1) is 38.6 Å². The lowest BCUT2D eigenvalue weighted by Gasteiger charge is -2.48. The average molecular weight is 1540 g/mol. The summed E-state index contributed by atoms with van der Waals surface area (Å²) < 4.78 is 34.6. The lowest BCUT2D eigenvalue weighted by atomic mass is 9.96. The maximum absolute atomic E-state index is 13.5. The van der Waals surface area contributed by atoms with Crippen molar-refractivity contribution in [3.63, 3.8) is 0 Å². The van der Waals surface area contributed by atoms with Crippen LogP contribution in [0.5, 0.6) is 0 Å². The van der Waals surface area contributed by atoms with Gasteiger partial charge in [-0.2, -0.15) is 0 Å². The molecule has 0 radical (unpaired) electrons. The Kier molecular flexibility index (Phi) is 62.9. The van der Waals surface area contributed by atoms with Gasteiger partial charge in [0.2, 0.25) is 5.91 Å². The molecule has 0 aromatic carbocycles. The third kappa shape index (κ3) is 47.8. The smallest absolute Gasteiger partial charge is 0.220 e. The zero-order valence-electron chi connectivity index (χ0n) is 67.8. The summed E-state index contributed by atoms with van der Waals surface area (Å²) in [5, 5.41) is 121. The van der Waals surface area contributed by atoms with E-state index in [0.29, 0.717) is 12.8 Å². The highest BCUT2D eigenvalue weighted by atomic mass is 16.8. The fourth-order valence-electron chi connectivity index (χ4n) is 14.2. The SMILES string of the molecule is CC/C=C\C/C=C\C/C=C\C/C=C\C/C=C\C/C=C\C/C=C\C/C=C\C/C=C\CCCCCCCCCCCC(=O)NC(COC1OC(CO)C(OC2OC(CO)C(OC3OC(CO)C(O)C(O)C3O)C(O)C2O)C(O)C1O)C(O)CCCCCCCCCCCCCCCCCCCCCCCCCCCCC. The Morgan fingerprint density at radius 2 is 0.633 bits per heavy atom. The quantitative estimate of drug-likeness (QED) is 0.0199. The van der Waals surface area contributed by atoms with E-state index in [2.05, 4.69) is 129 Å². The van der Waals surface area contributed by atoms with Crippen LogP contribution in [0.4, 0.5) is 0 Å². The molecule has 0 spiro atoms. The minimum Gasteiger partial charge on any atom is -0.394 e. The molecule has 1 amide bonds. The van der Waals surface area contributed by atoms with E-state index in [-0.39, 0.29) is 18.9 Å². The van der Waals surface area contributed by atoms with E-state index < -0.39 is 124 Å². The summed E-state index contributed by atoms with van der Waals surface area (Å²) in [4.78, 5) is 13.5. The Balaban J connectivity index is 1.34. The Labute approximate surface area is 659 Å². The minimum atomic E-state index is -1.98. The topological polar surface area (TPSA) is 307 Å². The van der Waals surface area contributed by atoms with Crippen LogP contribution in [0.15, 0.2) is 109 Å². The van der Waals surface area contributed by atoms with Crippen LogP contribution in [-0.2, 0) is 33.2 Å². The van der Waals surface area contributed by atoms with Crippen molar-refractivity contribution < 1.29 is 89.4 Å². The van der Waals surface area contributed by atoms with E-state index in [0.717, 1.165) is 116 Å². The first-order valence-electron chi connectivity index (χ1n) is 43.6. The molecule has 12 N–H and O–H groups in total. The van der Waals surface area contributed by atoms with Crippen molar-refractivity contribution in [1.29, 1.82) is 0 Å². The number of hydrogen-bond acceptors (Lipinski definition) is 18. The molecule has 630 valence electrons. The standard InChI is InChI=1S/C90H157NO18/c1-3-5-7-9-11-13-15-17-19-21-23-25-27-29-31-32-33-34-35-36-37-38-39-40-42-44-46-48-50-52-54-56-58-60-62-64-66-68-78(96)91-73(74(95)67-65-63-61-59-57-55-53-51-49-47-45-43-41-30-28-26-24-22-20-18-16-14-12-10-8-6-4-2)72-104-88-84(102)81(99)86(76(70-93)106-88)109-90-85(103)82(100)87(77(71-94)107-90)108-89-83(101)80(98)79(97)75(69-92)105-89/h5,7,11,13,17,19,23,25,29,31,33-34,36-37,39-40,44,46,73-77,79-90,92-95,97-103H,3-4,6,8-10,12,14-16,18,20-22,24,26-28,30,32,35,38,41-43,45,47-72H2,1-2H3,(H,91,96)/b7-5-,13-11-,19-17-,25-23-,31-29-,34-33-,37-36-,40-39-,46-44-. The summed E-state index contributed by atoms with van der Waals surface area (Å²) in [5.74, 6) is -0.249. The molecular weight excluding hydrogens is 1380 g/mol. The molecule has 19 nitrogen and oxygen atoms in total. The molecule has 0 aliphatic carbocycles. The summed E-state index contributed by atoms with van der Waals surface area (Å²) in [6.45, 7) is 1.72. The van der Waals surface area contributed by atoms with Crippen molar-refractivity contribution in [2.45, 2.75) is 426 Å². The van der Waals surface area contributed by atoms with Crippen molar-refractivity contribution in [2.24, 2.45) is 0 Å². The number of carbonyl (C=O) groups excluding carboxylic acids is 1. The summed E-state index contributed by atoms with van der Waals surface area (Å²) in [6.07, 6.45) is 68.9. The average Bonchev–Trinajstić information content (AvgIpc) is 0.760. The molecule has 3 fully saturated rings. The molecular formula is C90H157NO18. The second-order valence-electron chi connectivity index (χ2n) is 30.6. The number of amides is 1. The van der Waals surface area contributed by atoms with E-state index in [1.165, 1.54) is 173 Å². The monoisotopic (exact) mass is 1540 g/mol. The normalized spacial score (nSPS) is 25.8. The molecule has 17 atom stereocenters. The van der Waals surface area contributed by atoms with E-state index in [1.807, 2.05) is 0 Å². The highest BCUT2D eigenvalue weighted by molar-refractivity contribution is 5.76. The lowest BCUT2D eigenvalue weighted by Crippen LogP contribution is -2.66. The molecule has 109 heavy (non-hydrogen) atoms. The number of carbonyl (C=O) groups is 1. The van der Waals surface area contributed by atoms with E-state index in [1.54, 1.807) is 0 Å². The van der Waals surface area contributed by atoms with Crippen molar-refractivity contribution in [2.75, 3.05) is 26.4 Å². The molecule has 19 heteroatoms. The number of aliphatic hydroxyl groups is 11. The van der Waals surface area contributed by atoms with Crippen LogP contribution in [0.25, 0.3) is 0 Å². The summed E-state index contributed by atoms with van der Waals surface area (Å²) in [6, 6.07) is -0.900. The number of aliphatic hydroxyl groups excluding tert-OH is 11. The molecule has 3 aliphatic heterocycles. The van der Waals surface area contributed by atoms with Gasteiger partial charge in [0, 0.05) is 6.42 Å². The molecule has 3 aliphatic rings. The highest BCUT2D eigenvalue weighted by Crippen LogP contribution is 2.33. The first kappa shape index (κ1) is 99.6. The Hall–Kier alpha value is -3.55. The van der Waals surface area contributed by atoms with E-state index >= 15 is 0 Å². The van der Waals surface area contributed by atoms with Gasteiger partial charge in [0.1, 0.15) is 73.2 Å². The van der Waals surface area contributed by atoms with Crippen LogP contribution in [0.2, 0.25) is 0 Å². The van der Waals surface area contributed by atoms with Gasteiger partial charge in [-0.05, 0) is 83.5 Å². The Morgan fingerprint density at radius 1 is 0.339 bits per heavy atom. The molecule has 0 saturated carbocycles. The largest absolute Gasteiger partial charge is 0.394 e. The third-order valence-corrected chi connectivity index (χ3v) is 21.1. The summed E-state index contributed by atoms with van der Waals surface area (Å²) in [7, 11) is 0. The molecule has 0 aromatic rings. The molecule has 0 aromatic heterocycles. The minimum absolute atomic E-state index is 0.249. The van der Waals surface area contributed by atoms with Crippen LogP contribution in [-0.4, -0.2) is 193 Å². The van der Waals surface area contributed by atoms with Crippen LogP contribution in [0.1, 0.15) is 322 Å². The van der Waals surface area contributed by atoms with Crippen LogP contribution in [0.3, 0.4) is 0 Å². The van der Waals surface area contributed by atoms with Crippen molar-refractivity contribution in [3.05, 3.63) is 109 Å². The second-order valence-corrected chi connectivity index (χ2v) is 30.6. The van der Waals surface area contributed by atoms with Gasteiger partial charge in [-0.1, -0.05) is 342 Å². The van der Waals surface area contributed by atoms with Crippen LogP contribution in [0, 0.1) is 0 Å². The van der Waals surface area contributed by atoms with Crippen molar-refractivity contribution >= 4 is 5.91 Å². The molecule has 0 bridgehead atoms. The Bertz CT molecular complexity index is 2390. The summed E-state index contributed by atoms with van der Waals surface area (Å²) >= 11 is 0. The van der Waals surface area contributed by atoms with Gasteiger partial charge in [0.15, 0.2) is 18.9 Å². The van der Waals surface area contributed by atoms with E-state index in [9.17, 15) is 61.0 Å². The third-order valence-electron chi connectivity index (χ3n) is 21.1. The zero-order valence-corrected chi connectivity index (χ0v) is 67.8. The van der Waals surface area contributed by atoms with E-state index in [4.69, 9.17) is 28.4 Å². The molecule has 17 unspecified atom stereocenters. The number of ether oxygens (including phenoxy) is 6. The fourth-order valence-corrected chi connectivity index (χ4v) is 14.2. The second kappa shape index (κ2) is 68.8. The summed E-state index contributed by atoms with van der Waals surface area (Å²) in [5.41, 5.74) is 0. The number of nitrogens with one attached hydrogen (secondary N) is 1. The number of rotatable bonds is 69. The van der Waals surface area contributed by atoms with Crippen LogP contribution < -0.4 is 5.32 Å². The maximum Gasteiger partial charge on any atom is 0.220 e. The van der Waals surface area contributed by atoms with Gasteiger partial charge in [-0.15, -0.1) is 0 Å². The number of allylic oxidation sites excluding steroid dienone is 18. The first-order valence-corrected chi connectivity index (χ1v) is 43.6. The lowest BCUT2D eigenvalue weighted by molar-refractivity contribution is -0.379. The van der Waals surface area contributed by atoms with Crippen molar-refractivity contribution in [1.82, 2.24) is 5.32 Å². The molecule has 3 saturated heterocycles. The van der Waals surface area contributed by atoms with Gasteiger partial charge in [0.25, 0.3) is 0 Å². The zero-order chi connectivity index (χ0) is 78.8. The van der Waals surface area contributed by atoms with Gasteiger partial charge < -0.3 is 89.9 Å². The predicted molar refractivity (Wildman–Crippen MR) is 438 cm³/mol. The Morgan fingerprint density at radius 3 is 0.991 bits per heavy atom. The molecule has 3 heterocycles. The maximum atomic E-state index is 13.5.